The van der Waals surface area contributed by atoms with Crippen molar-refractivity contribution >= 4 is 5.78 Å². The highest BCUT2D eigenvalue weighted by Crippen LogP contribution is 2.67. The lowest BCUT2D eigenvalue weighted by atomic mass is 9.46. The van der Waals surface area contributed by atoms with Crippen molar-refractivity contribution in [1.82, 2.24) is 0 Å². The molecule has 0 bridgehead atoms. The topological polar surface area (TPSA) is 37.3 Å². The van der Waals surface area contributed by atoms with Crippen LogP contribution < -0.4 is 0 Å². The van der Waals surface area contributed by atoms with Crippen molar-refractivity contribution in [2.24, 2.45) is 46.3 Å². The fourth-order valence-corrected chi connectivity index (χ4v) is 8.11. The highest BCUT2D eigenvalue weighted by Gasteiger charge is 2.59. The SMILES string of the molecule is CC(C)[C@@H](O)/C=C/[C@@H](C)[C@H]1CC[C@H]2[C@@H]3CCC4=CC(=O)CC[C@]4(C)[C@H]3CC[C@]12C. The third-order valence-electron chi connectivity index (χ3n) is 9.96. The van der Waals surface area contributed by atoms with Crippen LogP contribution in [0.25, 0.3) is 0 Å². The molecule has 0 aromatic carbocycles. The van der Waals surface area contributed by atoms with E-state index in [1.54, 1.807) is 0 Å². The van der Waals surface area contributed by atoms with Crippen LogP contribution in [0.4, 0.5) is 0 Å². The van der Waals surface area contributed by atoms with Crippen LogP contribution in [0.5, 0.6) is 0 Å². The Morgan fingerprint density at radius 1 is 1.00 bits per heavy atom. The Morgan fingerprint density at radius 2 is 1.76 bits per heavy atom. The van der Waals surface area contributed by atoms with Gasteiger partial charge in [-0.3, -0.25) is 4.79 Å². The number of carbonyl (C=O) groups excluding carboxylic acids is 1. The molecule has 8 atom stereocenters. The molecule has 0 unspecified atom stereocenters. The average molecular weight is 399 g/mol. The molecular formula is C27H42O2. The van der Waals surface area contributed by atoms with Gasteiger partial charge in [0.05, 0.1) is 6.10 Å². The summed E-state index contributed by atoms with van der Waals surface area (Å²) in [5.74, 6) is 4.38. The van der Waals surface area contributed by atoms with E-state index < -0.39 is 0 Å². The maximum absolute atomic E-state index is 12.0. The highest BCUT2D eigenvalue weighted by atomic mass is 16.3. The largest absolute Gasteiger partial charge is 0.389 e. The van der Waals surface area contributed by atoms with Crippen molar-refractivity contribution in [2.75, 3.05) is 0 Å². The second-order valence-corrected chi connectivity index (χ2v) is 11.7. The van der Waals surface area contributed by atoms with Crippen LogP contribution in [0.3, 0.4) is 0 Å². The van der Waals surface area contributed by atoms with Crippen LogP contribution in [0.15, 0.2) is 23.8 Å². The highest BCUT2D eigenvalue weighted by molar-refractivity contribution is 5.91. The van der Waals surface area contributed by atoms with Crippen LogP contribution in [-0.4, -0.2) is 17.0 Å². The monoisotopic (exact) mass is 398 g/mol. The zero-order chi connectivity index (χ0) is 21.0. The van der Waals surface area contributed by atoms with Crippen molar-refractivity contribution in [3.05, 3.63) is 23.8 Å². The number of rotatable bonds is 4. The molecule has 0 radical (unpaired) electrons. The fourth-order valence-electron chi connectivity index (χ4n) is 8.11. The van der Waals surface area contributed by atoms with E-state index in [2.05, 4.69) is 46.8 Å². The first-order chi connectivity index (χ1) is 13.7. The van der Waals surface area contributed by atoms with E-state index in [0.29, 0.717) is 17.1 Å². The zero-order valence-corrected chi connectivity index (χ0v) is 19.3. The van der Waals surface area contributed by atoms with Crippen molar-refractivity contribution in [3.8, 4) is 0 Å². The average Bonchev–Trinajstić information content (AvgIpc) is 3.03. The summed E-state index contributed by atoms with van der Waals surface area (Å²) in [6.45, 7) is 11.6. The second kappa shape index (κ2) is 7.66. The summed E-state index contributed by atoms with van der Waals surface area (Å²) in [6, 6.07) is 0. The summed E-state index contributed by atoms with van der Waals surface area (Å²) in [5, 5.41) is 10.2. The molecule has 0 heterocycles. The molecule has 0 amide bonds. The summed E-state index contributed by atoms with van der Waals surface area (Å²) in [7, 11) is 0. The molecule has 3 saturated carbocycles. The molecule has 29 heavy (non-hydrogen) atoms. The molecule has 4 aliphatic rings. The minimum Gasteiger partial charge on any atom is -0.389 e. The van der Waals surface area contributed by atoms with Gasteiger partial charge in [-0.2, -0.15) is 0 Å². The molecule has 4 aliphatic carbocycles. The van der Waals surface area contributed by atoms with E-state index in [-0.39, 0.29) is 17.4 Å². The lowest BCUT2D eigenvalue weighted by Crippen LogP contribution is -2.50. The first-order valence-corrected chi connectivity index (χ1v) is 12.3. The summed E-state index contributed by atoms with van der Waals surface area (Å²) < 4.78 is 0. The Labute approximate surface area is 178 Å². The van der Waals surface area contributed by atoms with Crippen LogP contribution in [0, 0.1) is 46.3 Å². The van der Waals surface area contributed by atoms with Crippen molar-refractivity contribution in [2.45, 2.75) is 92.1 Å². The quantitative estimate of drug-likeness (QED) is 0.561. The minimum absolute atomic E-state index is 0.281. The van der Waals surface area contributed by atoms with Gasteiger partial charge in [0.1, 0.15) is 0 Å². The zero-order valence-electron chi connectivity index (χ0n) is 19.3. The number of allylic oxidation sites excluding steroid dienone is 2. The number of carbonyl (C=O) groups is 1. The van der Waals surface area contributed by atoms with Crippen LogP contribution in [0.2, 0.25) is 0 Å². The van der Waals surface area contributed by atoms with Crippen LogP contribution in [-0.2, 0) is 4.79 Å². The molecule has 0 aromatic heterocycles. The Morgan fingerprint density at radius 3 is 2.48 bits per heavy atom. The van der Waals surface area contributed by atoms with Gasteiger partial charge in [-0.25, -0.2) is 0 Å². The molecule has 2 nitrogen and oxygen atoms in total. The normalized spacial score (nSPS) is 44.2. The molecule has 4 rings (SSSR count). The lowest BCUT2D eigenvalue weighted by molar-refractivity contribution is -0.117. The number of aliphatic hydroxyl groups is 1. The van der Waals surface area contributed by atoms with E-state index in [9.17, 15) is 9.90 Å². The van der Waals surface area contributed by atoms with Gasteiger partial charge in [-0.15, -0.1) is 0 Å². The third-order valence-corrected chi connectivity index (χ3v) is 9.96. The van der Waals surface area contributed by atoms with E-state index in [1.165, 1.54) is 37.7 Å². The lowest BCUT2D eigenvalue weighted by Gasteiger charge is -2.58. The summed E-state index contributed by atoms with van der Waals surface area (Å²) >= 11 is 0. The maximum Gasteiger partial charge on any atom is 0.155 e. The number of aliphatic hydroxyl groups excluding tert-OH is 1. The number of hydrogen-bond donors (Lipinski definition) is 1. The molecule has 162 valence electrons. The molecule has 2 heteroatoms. The second-order valence-electron chi connectivity index (χ2n) is 11.7. The first kappa shape index (κ1) is 21.3. The van der Waals surface area contributed by atoms with Gasteiger partial charge in [-0.1, -0.05) is 52.3 Å². The molecule has 0 spiro atoms. The Hall–Kier alpha value is -0.890. The number of fused-ring (bicyclic) bond motifs is 5. The Balaban J connectivity index is 1.53. The van der Waals surface area contributed by atoms with E-state index in [0.717, 1.165) is 42.9 Å². The summed E-state index contributed by atoms with van der Waals surface area (Å²) in [5.41, 5.74) is 2.20. The van der Waals surface area contributed by atoms with Crippen molar-refractivity contribution in [3.63, 3.8) is 0 Å². The summed E-state index contributed by atoms with van der Waals surface area (Å²) in [4.78, 5) is 12.0. The van der Waals surface area contributed by atoms with E-state index in [1.807, 2.05) is 6.08 Å². The van der Waals surface area contributed by atoms with Crippen LogP contribution >= 0.6 is 0 Å². The van der Waals surface area contributed by atoms with Gasteiger partial charge in [-0.05, 0) is 97.4 Å². The minimum atomic E-state index is -0.323. The van der Waals surface area contributed by atoms with Gasteiger partial charge in [0.15, 0.2) is 5.78 Å². The van der Waals surface area contributed by atoms with Crippen molar-refractivity contribution in [1.29, 1.82) is 0 Å². The standard InChI is InChI=1S/C27H42O2/c1-17(2)25(29)11-6-18(3)22-9-10-23-21-8-7-19-16-20(28)12-14-26(19,4)24(21)13-15-27(22,23)5/h6,11,16-18,21-25,29H,7-10,12-15H2,1-5H3/b11-6+/t18-,21+,22-,23+,24+,25+,26+,27-/m1/s1. The van der Waals surface area contributed by atoms with Gasteiger partial charge >= 0.3 is 0 Å². The van der Waals surface area contributed by atoms with Gasteiger partial charge in [0, 0.05) is 6.42 Å². The Bertz CT molecular complexity index is 703. The molecule has 1 N–H and O–H groups in total. The third kappa shape index (κ3) is 3.48. The van der Waals surface area contributed by atoms with Crippen LogP contribution in [0.1, 0.15) is 86.0 Å². The number of hydrogen-bond acceptors (Lipinski definition) is 2. The molecule has 3 fully saturated rings. The van der Waals surface area contributed by atoms with Gasteiger partial charge < -0.3 is 5.11 Å². The van der Waals surface area contributed by atoms with E-state index in [4.69, 9.17) is 0 Å². The van der Waals surface area contributed by atoms with Crippen molar-refractivity contribution < 1.29 is 9.90 Å². The molecule has 0 saturated heterocycles. The smallest absolute Gasteiger partial charge is 0.155 e. The predicted molar refractivity (Wildman–Crippen MR) is 119 cm³/mol. The molecule has 0 aromatic rings. The van der Waals surface area contributed by atoms with E-state index >= 15 is 0 Å². The molecular weight excluding hydrogens is 356 g/mol. The fraction of sp³-hybridized carbons (Fsp3) is 0.815. The Kier molecular flexibility index (Phi) is 5.64. The maximum atomic E-state index is 12.0. The molecule has 0 aliphatic heterocycles. The first-order valence-electron chi connectivity index (χ1n) is 12.3. The number of ketones is 1. The summed E-state index contributed by atoms with van der Waals surface area (Å²) in [6.07, 6.45) is 15.7. The van der Waals surface area contributed by atoms with Gasteiger partial charge in [0.2, 0.25) is 0 Å². The predicted octanol–water partition coefficient (Wildman–Crippen LogP) is 6.34. The van der Waals surface area contributed by atoms with Gasteiger partial charge in [0.25, 0.3) is 0 Å².